The zero-order valence-electron chi connectivity index (χ0n) is 11.6. The Morgan fingerprint density at radius 3 is 2.52 bits per heavy atom. The Bertz CT molecular complexity index is 564. The number of anilines is 1. The van der Waals surface area contributed by atoms with Gasteiger partial charge in [0, 0.05) is 11.7 Å². The molecular weight excluding hydrogens is 285 g/mol. The molecule has 0 aromatic heterocycles. The lowest BCUT2D eigenvalue weighted by atomic mass is 10.1. The third-order valence-corrected chi connectivity index (χ3v) is 3.19. The summed E-state index contributed by atoms with van der Waals surface area (Å²) in [6, 6.07) is 4.48. The number of carboxylic acid groups (broad SMARTS) is 1. The number of rotatable bonds is 5. The van der Waals surface area contributed by atoms with Gasteiger partial charge in [-0.05, 0) is 31.5 Å². The molecule has 0 heterocycles. The maximum atomic E-state index is 12.9. The van der Waals surface area contributed by atoms with Gasteiger partial charge in [-0.3, -0.25) is 4.79 Å². The van der Waals surface area contributed by atoms with E-state index in [0.29, 0.717) is 6.42 Å². The Morgan fingerprint density at radius 1 is 1.48 bits per heavy atom. The number of carbonyl (C=O) groups is 1. The Labute approximate surface area is 120 Å². The number of aliphatic carboxylic acids is 1. The average Bonchev–Trinajstić information content (AvgIpc) is 2.42. The van der Waals surface area contributed by atoms with E-state index >= 15 is 0 Å². The van der Waals surface area contributed by atoms with Crippen molar-refractivity contribution in [2.75, 3.05) is 11.4 Å². The summed E-state index contributed by atoms with van der Waals surface area (Å²) in [7, 11) is 0. The van der Waals surface area contributed by atoms with E-state index < -0.39 is 29.8 Å². The standard InChI is InChI=1S/C14H15F3N2O2/c1-3-9(2)19(8-13(20)21)11-5-4-10(7-18)12(6-11)14(15,16)17/h4-6,9H,3,8H2,1-2H3,(H,20,21). The highest BCUT2D eigenvalue weighted by Crippen LogP contribution is 2.34. The number of benzene rings is 1. The highest BCUT2D eigenvalue weighted by Gasteiger charge is 2.34. The fraction of sp³-hybridized carbons (Fsp3) is 0.429. The minimum Gasteiger partial charge on any atom is -0.480 e. The molecule has 1 atom stereocenters. The Morgan fingerprint density at radius 2 is 2.10 bits per heavy atom. The predicted octanol–water partition coefficient (Wildman–Crippen LogP) is 3.27. The SMILES string of the molecule is CCC(C)N(CC(=O)O)c1ccc(C#N)c(C(F)(F)F)c1. The Kier molecular flexibility index (Phi) is 5.19. The number of hydrogen-bond donors (Lipinski definition) is 1. The van der Waals surface area contributed by atoms with Gasteiger partial charge >= 0.3 is 12.1 Å². The molecule has 114 valence electrons. The van der Waals surface area contributed by atoms with Gasteiger partial charge in [0.2, 0.25) is 0 Å². The van der Waals surface area contributed by atoms with Gasteiger partial charge in [0.25, 0.3) is 0 Å². The topological polar surface area (TPSA) is 64.3 Å². The van der Waals surface area contributed by atoms with Crippen molar-refractivity contribution in [3.05, 3.63) is 29.3 Å². The number of alkyl halides is 3. The lowest BCUT2D eigenvalue weighted by Crippen LogP contribution is -2.37. The van der Waals surface area contributed by atoms with Gasteiger partial charge < -0.3 is 10.0 Å². The molecule has 0 spiro atoms. The summed E-state index contributed by atoms with van der Waals surface area (Å²) in [6.07, 6.45) is -4.08. The van der Waals surface area contributed by atoms with Crippen LogP contribution in [0.5, 0.6) is 0 Å². The van der Waals surface area contributed by atoms with Crippen molar-refractivity contribution in [2.24, 2.45) is 0 Å². The van der Waals surface area contributed by atoms with E-state index in [-0.39, 0.29) is 11.7 Å². The summed E-state index contributed by atoms with van der Waals surface area (Å²) in [5, 5.41) is 17.7. The first-order valence-corrected chi connectivity index (χ1v) is 6.30. The smallest absolute Gasteiger partial charge is 0.417 e. The number of carboxylic acids is 1. The molecule has 0 aliphatic heterocycles. The van der Waals surface area contributed by atoms with Gasteiger partial charge in [0.05, 0.1) is 17.2 Å². The van der Waals surface area contributed by atoms with Crippen molar-refractivity contribution in [1.29, 1.82) is 5.26 Å². The number of hydrogen-bond acceptors (Lipinski definition) is 3. The molecule has 1 N–H and O–H groups in total. The first-order chi connectivity index (χ1) is 9.70. The first-order valence-electron chi connectivity index (χ1n) is 6.30. The van der Waals surface area contributed by atoms with Crippen molar-refractivity contribution in [1.82, 2.24) is 0 Å². The van der Waals surface area contributed by atoms with Crippen LogP contribution in [0.15, 0.2) is 18.2 Å². The summed E-state index contributed by atoms with van der Waals surface area (Å²) in [5.41, 5.74) is -1.40. The Hall–Kier alpha value is -2.23. The third kappa shape index (κ3) is 4.12. The zero-order chi connectivity index (χ0) is 16.2. The van der Waals surface area contributed by atoms with E-state index in [2.05, 4.69) is 0 Å². The molecule has 4 nitrogen and oxygen atoms in total. The van der Waals surface area contributed by atoms with E-state index in [1.54, 1.807) is 6.92 Å². The van der Waals surface area contributed by atoms with Crippen molar-refractivity contribution in [3.8, 4) is 6.07 Å². The molecule has 0 fully saturated rings. The van der Waals surface area contributed by atoms with Crippen LogP contribution in [0.1, 0.15) is 31.4 Å². The van der Waals surface area contributed by atoms with Crippen LogP contribution in [0.2, 0.25) is 0 Å². The van der Waals surface area contributed by atoms with Gasteiger partial charge in [0.1, 0.15) is 6.54 Å². The predicted molar refractivity (Wildman–Crippen MR) is 70.9 cm³/mol. The molecule has 1 rings (SSSR count). The molecule has 0 saturated carbocycles. The van der Waals surface area contributed by atoms with Crippen molar-refractivity contribution < 1.29 is 23.1 Å². The van der Waals surface area contributed by atoms with Gasteiger partial charge in [0.15, 0.2) is 0 Å². The summed E-state index contributed by atoms with van der Waals surface area (Å²) in [6.45, 7) is 3.14. The van der Waals surface area contributed by atoms with Crippen LogP contribution in [0, 0.1) is 11.3 Å². The van der Waals surface area contributed by atoms with Crippen LogP contribution < -0.4 is 4.90 Å². The second-order valence-corrected chi connectivity index (χ2v) is 4.62. The highest BCUT2D eigenvalue weighted by molar-refractivity contribution is 5.74. The maximum Gasteiger partial charge on any atom is 0.417 e. The molecule has 21 heavy (non-hydrogen) atoms. The van der Waals surface area contributed by atoms with Crippen molar-refractivity contribution >= 4 is 11.7 Å². The van der Waals surface area contributed by atoms with Gasteiger partial charge in [-0.15, -0.1) is 0 Å². The minimum absolute atomic E-state index is 0.137. The minimum atomic E-state index is -4.66. The van der Waals surface area contributed by atoms with Crippen LogP contribution in [0.4, 0.5) is 18.9 Å². The molecule has 1 aromatic rings. The second-order valence-electron chi connectivity index (χ2n) is 4.62. The van der Waals surface area contributed by atoms with E-state index in [9.17, 15) is 18.0 Å². The molecule has 0 aliphatic rings. The summed E-state index contributed by atoms with van der Waals surface area (Å²) < 4.78 is 38.8. The molecule has 0 bridgehead atoms. The molecule has 0 aliphatic carbocycles. The van der Waals surface area contributed by atoms with Gasteiger partial charge in [-0.25, -0.2) is 0 Å². The molecule has 0 saturated heterocycles. The lowest BCUT2D eigenvalue weighted by Gasteiger charge is -2.29. The molecule has 1 unspecified atom stereocenters. The van der Waals surface area contributed by atoms with E-state index in [4.69, 9.17) is 10.4 Å². The summed E-state index contributed by atoms with van der Waals surface area (Å²) in [5.74, 6) is -1.13. The second kappa shape index (κ2) is 6.48. The monoisotopic (exact) mass is 300 g/mol. The Balaban J connectivity index is 3.34. The average molecular weight is 300 g/mol. The number of nitriles is 1. The summed E-state index contributed by atoms with van der Waals surface area (Å²) >= 11 is 0. The molecule has 0 radical (unpaired) electrons. The van der Waals surface area contributed by atoms with Crippen LogP contribution in [0.3, 0.4) is 0 Å². The van der Waals surface area contributed by atoms with Crippen molar-refractivity contribution in [2.45, 2.75) is 32.5 Å². The molecule has 1 aromatic carbocycles. The fourth-order valence-electron chi connectivity index (χ4n) is 1.91. The van der Waals surface area contributed by atoms with Gasteiger partial charge in [-0.2, -0.15) is 18.4 Å². The normalized spacial score (nSPS) is 12.6. The van der Waals surface area contributed by atoms with E-state index in [1.165, 1.54) is 17.0 Å². The van der Waals surface area contributed by atoms with Crippen LogP contribution in [-0.2, 0) is 11.0 Å². The molecule has 0 amide bonds. The maximum absolute atomic E-state index is 12.9. The molecular formula is C14H15F3N2O2. The van der Waals surface area contributed by atoms with E-state index in [1.807, 2.05) is 6.92 Å². The fourth-order valence-corrected chi connectivity index (χ4v) is 1.91. The van der Waals surface area contributed by atoms with Crippen LogP contribution in [-0.4, -0.2) is 23.7 Å². The quantitative estimate of drug-likeness (QED) is 0.906. The first kappa shape index (κ1) is 16.8. The third-order valence-electron chi connectivity index (χ3n) is 3.19. The lowest BCUT2D eigenvalue weighted by molar-refractivity contribution is -0.137. The molecule has 7 heteroatoms. The number of halogens is 3. The van der Waals surface area contributed by atoms with Gasteiger partial charge in [-0.1, -0.05) is 6.92 Å². The summed E-state index contributed by atoms with van der Waals surface area (Å²) in [4.78, 5) is 12.3. The largest absolute Gasteiger partial charge is 0.480 e. The zero-order valence-corrected chi connectivity index (χ0v) is 11.6. The van der Waals surface area contributed by atoms with Crippen LogP contribution >= 0.6 is 0 Å². The van der Waals surface area contributed by atoms with Crippen molar-refractivity contribution in [3.63, 3.8) is 0 Å². The highest BCUT2D eigenvalue weighted by atomic mass is 19.4. The van der Waals surface area contributed by atoms with E-state index in [0.717, 1.165) is 12.1 Å². The van der Waals surface area contributed by atoms with Crippen LogP contribution in [0.25, 0.3) is 0 Å². The number of nitrogens with zero attached hydrogens (tertiary/aromatic N) is 2.